The van der Waals surface area contributed by atoms with E-state index in [1.807, 2.05) is 30.3 Å². The normalized spacial score (nSPS) is 13.3. The van der Waals surface area contributed by atoms with Crippen molar-refractivity contribution in [1.82, 2.24) is 9.38 Å². The van der Waals surface area contributed by atoms with Crippen molar-refractivity contribution in [3.05, 3.63) is 158 Å². The lowest BCUT2D eigenvalue weighted by molar-refractivity contribution is 1.31. The minimum atomic E-state index is -0.386. The number of aromatic nitrogens is 2. The molecule has 0 aliphatic heterocycles. The van der Waals surface area contributed by atoms with E-state index < -0.39 is 0 Å². The molecule has 0 fully saturated rings. The Labute approximate surface area is 256 Å². The minimum absolute atomic E-state index is 0.195. The van der Waals surface area contributed by atoms with Gasteiger partial charge in [0.15, 0.2) is 0 Å². The molecule has 9 aromatic rings. The van der Waals surface area contributed by atoms with Crippen LogP contribution >= 0.6 is 0 Å². The molecule has 200 valence electrons. The van der Waals surface area contributed by atoms with Gasteiger partial charge >= 0.3 is 0 Å². The fourth-order valence-electron chi connectivity index (χ4n) is 6.32. The molecule has 0 radical (unpaired) electrons. The van der Waals surface area contributed by atoms with E-state index in [2.05, 4.69) is 101 Å². The molecule has 0 aliphatic carbocycles. The number of pyridine rings is 1. The van der Waals surface area contributed by atoms with Crippen LogP contribution in [0.25, 0.3) is 82.5 Å². The number of nitrogens with zero attached hydrogens (tertiary/aromatic N) is 2. The molecule has 0 bridgehead atoms. The van der Waals surface area contributed by atoms with Gasteiger partial charge in [-0.25, -0.2) is 4.98 Å². The van der Waals surface area contributed by atoms with Gasteiger partial charge in [0.2, 0.25) is 0 Å². The van der Waals surface area contributed by atoms with Gasteiger partial charge in [0, 0.05) is 10.8 Å². The van der Waals surface area contributed by atoms with Crippen LogP contribution in [-0.2, 0) is 0 Å². The summed E-state index contributed by atoms with van der Waals surface area (Å²) in [5.41, 5.74) is 9.37. The van der Waals surface area contributed by atoms with Crippen LogP contribution in [0, 0.1) is 0 Å². The van der Waals surface area contributed by atoms with Gasteiger partial charge in [-0.3, -0.25) is 4.40 Å². The van der Waals surface area contributed by atoms with Gasteiger partial charge in [0.05, 0.1) is 23.4 Å². The number of para-hydroxylation sites is 2. The number of benzene rings is 7. The van der Waals surface area contributed by atoms with E-state index in [4.69, 9.17) is 11.8 Å². The SMILES string of the molecule is [2H]c1c([2H])c([2H])c(-c2ccc3cc(-c4ccc(-c5ccc6c7ccccc7c7nc8ccccc8n7c6c5)cc4)ccc3c2)c([2H])c1[2H]. The summed E-state index contributed by atoms with van der Waals surface area (Å²) in [5.74, 6) is 0. The van der Waals surface area contributed by atoms with Crippen LogP contribution in [-0.4, -0.2) is 9.38 Å². The Hall–Kier alpha value is -5.73. The predicted octanol–water partition coefficient (Wildman–Crippen LogP) is 10.9. The molecule has 2 nitrogen and oxygen atoms in total. The van der Waals surface area contributed by atoms with Crippen molar-refractivity contribution in [2.45, 2.75) is 0 Å². The Morgan fingerprint density at radius 2 is 1.02 bits per heavy atom. The molecule has 0 aliphatic rings. The Balaban J connectivity index is 1.10. The summed E-state index contributed by atoms with van der Waals surface area (Å²) in [7, 11) is 0. The van der Waals surface area contributed by atoms with E-state index in [1.165, 1.54) is 10.8 Å². The Kier molecular flexibility index (Phi) is 4.24. The van der Waals surface area contributed by atoms with Gasteiger partial charge in [-0.1, -0.05) is 127 Å². The minimum Gasteiger partial charge on any atom is -0.292 e. The average Bonchev–Trinajstić information content (AvgIpc) is 3.53. The Bertz CT molecular complexity index is 2750. The molecular formula is C41H26N2. The van der Waals surface area contributed by atoms with Gasteiger partial charge in [0.1, 0.15) is 5.65 Å². The molecule has 9 rings (SSSR count). The maximum atomic E-state index is 8.36. The molecule has 0 saturated carbocycles. The molecule has 0 saturated heterocycles. The number of rotatable bonds is 3. The van der Waals surface area contributed by atoms with Gasteiger partial charge in [0.25, 0.3) is 0 Å². The van der Waals surface area contributed by atoms with Crippen LogP contribution in [0.5, 0.6) is 0 Å². The van der Waals surface area contributed by atoms with Crippen molar-refractivity contribution >= 4 is 49.1 Å². The molecule has 2 heterocycles. The second-order valence-electron chi connectivity index (χ2n) is 10.9. The standard InChI is InChI=1S/C41H26N2/c1-2-8-27(9-3-1)30-18-20-33-25-31(19-21-32(33)24-30)28-14-16-29(17-15-28)34-22-23-36-35-10-4-5-11-37(35)41-42-38-12-6-7-13-39(38)43(41)40(36)26-34/h1-26H/i1D,2D,3D,8D,9D. The number of hydrogen-bond donors (Lipinski definition) is 0. The first kappa shape index (κ1) is 19.4. The number of imidazole rings is 1. The number of fused-ring (bicyclic) bond motifs is 9. The Morgan fingerprint density at radius 3 is 1.77 bits per heavy atom. The average molecular weight is 552 g/mol. The van der Waals surface area contributed by atoms with Crippen molar-refractivity contribution in [1.29, 1.82) is 0 Å². The molecule has 2 heteroatoms. The maximum absolute atomic E-state index is 8.36. The van der Waals surface area contributed by atoms with Crippen molar-refractivity contribution in [3.63, 3.8) is 0 Å². The van der Waals surface area contributed by atoms with Crippen LogP contribution in [0.2, 0.25) is 0 Å². The van der Waals surface area contributed by atoms with E-state index >= 15 is 0 Å². The lowest BCUT2D eigenvalue weighted by atomic mass is 9.96. The third-order valence-electron chi connectivity index (χ3n) is 8.44. The third kappa shape index (κ3) is 3.84. The summed E-state index contributed by atoms with van der Waals surface area (Å²) >= 11 is 0. The van der Waals surface area contributed by atoms with Crippen molar-refractivity contribution in [2.24, 2.45) is 0 Å². The summed E-state index contributed by atoms with van der Waals surface area (Å²) in [5, 5.41) is 5.45. The van der Waals surface area contributed by atoms with E-state index in [1.54, 1.807) is 0 Å². The zero-order valence-electron chi connectivity index (χ0n) is 28.0. The van der Waals surface area contributed by atoms with Gasteiger partial charge in [-0.05, 0) is 79.9 Å². The zero-order chi connectivity index (χ0) is 32.7. The molecule has 0 atom stereocenters. The second kappa shape index (κ2) is 9.40. The van der Waals surface area contributed by atoms with E-state index in [0.717, 1.165) is 60.6 Å². The first-order chi connectivity index (χ1) is 23.4. The highest BCUT2D eigenvalue weighted by molar-refractivity contribution is 6.14. The quantitative estimate of drug-likeness (QED) is 0.200. The van der Waals surface area contributed by atoms with Crippen molar-refractivity contribution in [3.8, 4) is 33.4 Å². The molecular weight excluding hydrogens is 520 g/mol. The molecule has 0 unspecified atom stereocenters. The van der Waals surface area contributed by atoms with Crippen LogP contribution in [0.15, 0.2) is 158 Å². The molecule has 0 amide bonds. The second-order valence-corrected chi connectivity index (χ2v) is 10.9. The molecule has 7 aromatic carbocycles. The van der Waals surface area contributed by atoms with Gasteiger partial charge < -0.3 is 0 Å². The lowest BCUT2D eigenvalue weighted by Gasteiger charge is -2.12. The summed E-state index contributed by atoms with van der Waals surface area (Å²) in [6.45, 7) is 0. The summed E-state index contributed by atoms with van der Waals surface area (Å²) in [6.07, 6.45) is 0. The van der Waals surface area contributed by atoms with Crippen LogP contribution < -0.4 is 0 Å². The maximum Gasteiger partial charge on any atom is 0.146 e. The third-order valence-corrected chi connectivity index (χ3v) is 8.44. The van der Waals surface area contributed by atoms with E-state index in [0.29, 0.717) is 5.56 Å². The molecule has 2 aromatic heterocycles. The summed E-state index contributed by atoms with van der Waals surface area (Å²) in [4.78, 5) is 5.02. The fraction of sp³-hybridized carbons (Fsp3) is 0. The highest BCUT2D eigenvalue weighted by Gasteiger charge is 2.14. The highest BCUT2D eigenvalue weighted by Crippen LogP contribution is 2.35. The Morgan fingerprint density at radius 1 is 0.442 bits per heavy atom. The van der Waals surface area contributed by atoms with Crippen LogP contribution in [0.3, 0.4) is 0 Å². The molecule has 43 heavy (non-hydrogen) atoms. The monoisotopic (exact) mass is 551 g/mol. The molecule has 0 N–H and O–H groups in total. The number of hydrogen-bond acceptors (Lipinski definition) is 1. The summed E-state index contributed by atoms with van der Waals surface area (Å²) in [6, 6.07) is 42.5. The molecule has 0 spiro atoms. The van der Waals surface area contributed by atoms with E-state index in [-0.39, 0.29) is 35.8 Å². The summed E-state index contributed by atoms with van der Waals surface area (Å²) < 4.78 is 43.0. The largest absolute Gasteiger partial charge is 0.292 e. The highest BCUT2D eigenvalue weighted by atomic mass is 15.0. The van der Waals surface area contributed by atoms with Crippen molar-refractivity contribution < 1.29 is 6.85 Å². The van der Waals surface area contributed by atoms with Gasteiger partial charge in [-0.2, -0.15) is 0 Å². The zero-order valence-corrected chi connectivity index (χ0v) is 23.0. The first-order valence-electron chi connectivity index (χ1n) is 16.8. The van der Waals surface area contributed by atoms with Gasteiger partial charge in [-0.15, -0.1) is 0 Å². The van der Waals surface area contributed by atoms with Crippen LogP contribution in [0.1, 0.15) is 6.85 Å². The fourth-order valence-corrected chi connectivity index (χ4v) is 6.32. The predicted molar refractivity (Wildman–Crippen MR) is 182 cm³/mol. The smallest absolute Gasteiger partial charge is 0.146 e. The van der Waals surface area contributed by atoms with E-state index in [9.17, 15) is 0 Å². The topological polar surface area (TPSA) is 17.3 Å². The van der Waals surface area contributed by atoms with Crippen molar-refractivity contribution in [2.75, 3.05) is 0 Å². The first-order valence-corrected chi connectivity index (χ1v) is 14.3. The lowest BCUT2D eigenvalue weighted by Crippen LogP contribution is -1.92. The van der Waals surface area contributed by atoms with Crippen LogP contribution in [0.4, 0.5) is 0 Å².